The predicted molar refractivity (Wildman–Crippen MR) is 78.3 cm³/mol. The van der Waals surface area contributed by atoms with Crippen molar-refractivity contribution in [3.63, 3.8) is 0 Å². The van der Waals surface area contributed by atoms with Crippen molar-refractivity contribution in [1.29, 1.82) is 0 Å². The van der Waals surface area contributed by atoms with E-state index in [1.54, 1.807) is 54.7 Å². The minimum Gasteiger partial charge on any atom is -0.508 e. The molecule has 0 saturated carbocycles. The summed E-state index contributed by atoms with van der Waals surface area (Å²) in [6, 6.07) is 13.8. The van der Waals surface area contributed by atoms with Crippen LogP contribution in [0.4, 0.5) is 5.69 Å². The van der Waals surface area contributed by atoms with E-state index in [2.05, 4.69) is 4.98 Å². The normalized spacial score (nSPS) is 12.4. The van der Waals surface area contributed by atoms with Crippen LogP contribution in [0.15, 0.2) is 54.7 Å². The van der Waals surface area contributed by atoms with E-state index in [0.29, 0.717) is 11.2 Å². The van der Waals surface area contributed by atoms with Gasteiger partial charge in [0.15, 0.2) is 0 Å². The molecule has 4 nitrogen and oxygen atoms in total. The molecule has 3 aromatic rings. The van der Waals surface area contributed by atoms with Gasteiger partial charge in [0.25, 0.3) is 0 Å². The minimum absolute atomic E-state index is 0.157. The molecule has 2 aromatic carbocycles. The zero-order chi connectivity index (χ0) is 14.1. The van der Waals surface area contributed by atoms with E-state index in [1.165, 1.54) is 0 Å². The lowest BCUT2D eigenvalue weighted by Crippen LogP contribution is -2.01. The number of pyridine rings is 1. The van der Waals surface area contributed by atoms with Crippen molar-refractivity contribution in [2.24, 2.45) is 0 Å². The molecule has 1 heterocycles. The van der Waals surface area contributed by atoms with E-state index in [0.717, 1.165) is 16.5 Å². The first kappa shape index (κ1) is 12.4. The van der Waals surface area contributed by atoms with Crippen LogP contribution >= 0.6 is 0 Å². The Kier molecular flexibility index (Phi) is 3.00. The second-order valence-corrected chi connectivity index (χ2v) is 4.67. The molecule has 1 aromatic heterocycles. The third-order valence-electron chi connectivity index (χ3n) is 3.31. The number of aliphatic hydroxyl groups is 1. The number of hydrogen-bond acceptors (Lipinski definition) is 4. The Labute approximate surface area is 116 Å². The summed E-state index contributed by atoms with van der Waals surface area (Å²) in [6.07, 6.45) is 0.864. The molecule has 4 heteroatoms. The zero-order valence-electron chi connectivity index (χ0n) is 10.7. The molecule has 20 heavy (non-hydrogen) atoms. The van der Waals surface area contributed by atoms with Crippen LogP contribution < -0.4 is 5.73 Å². The minimum atomic E-state index is -0.759. The number of nitrogens with two attached hydrogens (primary N) is 1. The summed E-state index contributed by atoms with van der Waals surface area (Å²) in [4.78, 5) is 4.20. The standard InChI is InChI=1S/C16H14N2O2/c17-11-3-1-10(2-4-11)16(20)14-7-8-18-15-9-12(19)5-6-13(14)15/h1-9,16,19-20H,17H2. The van der Waals surface area contributed by atoms with E-state index < -0.39 is 6.10 Å². The molecule has 0 amide bonds. The number of aromatic nitrogens is 1. The molecule has 0 radical (unpaired) electrons. The topological polar surface area (TPSA) is 79.4 Å². The summed E-state index contributed by atoms with van der Waals surface area (Å²) in [7, 11) is 0. The largest absolute Gasteiger partial charge is 0.508 e. The number of fused-ring (bicyclic) bond motifs is 1. The first-order valence-electron chi connectivity index (χ1n) is 6.26. The molecule has 4 N–H and O–H groups in total. The molecule has 100 valence electrons. The fourth-order valence-electron chi connectivity index (χ4n) is 2.25. The van der Waals surface area contributed by atoms with E-state index in [9.17, 15) is 10.2 Å². The van der Waals surface area contributed by atoms with Gasteiger partial charge in [-0.2, -0.15) is 0 Å². The number of nitrogen functional groups attached to an aromatic ring is 1. The molecule has 0 aliphatic rings. The molecule has 0 saturated heterocycles. The van der Waals surface area contributed by atoms with Crippen molar-refractivity contribution in [2.75, 3.05) is 5.73 Å². The van der Waals surface area contributed by atoms with Gasteiger partial charge in [0.2, 0.25) is 0 Å². The highest BCUT2D eigenvalue weighted by molar-refractivity contribution is 5.84. The van der Waals surface area contributed by atoms with Gasteiger partial charge in [-0.25, -0.2) is 0 Å². The van der Waals surface area contributed by atoms with Gasteiger partial charge < -0.3 is 15.9 Å². The van der Waals surface area contributed by atoms with Crippen molar-refractivity contribution in [1.82, 2.24) is 4.98 Å². The van der Waals surface area contributed by atoms with E-state index in [4.69, 9.17) is 5.73 Å². The van der Waals surface area contributed by atoms with Crippen molar-refractivity contribution >= 4 is 16.6 Å². The maximum Gasteiger partial charge on any atom is 0.117 e. The quantitative estimate of drug-likeness (QED) is 0.623. The Morgan fingerprint density at radius 3 is 2.50 bits per heavy atom. The molecule has 0 aliphatic heterocycles. The SMILES string of the molecule is Nc1ccc(C(O)c2ccnc3cc(O)ccc23)cc1. The lowest BCUT2D eigenvalue weighted by atomic mass is 9.98. The van der Waals surface area contributed by atoms with Crippen molar-refractivity contribution in [2.45, 2.75) is 6.10 Å². The lowest BCUT2D eigenvalue weighted by molar-refractivity contribution is 0.222. The highest BCUT2D eigenvalue weighted by Gasteiger charge is 2.14. The lowest BCUT2D eigenvalue weighted by Gasteiger charge is -2.14. The van der Waals surface area contributed by atoms with Gasteiger partial charge >= 0.3 is 0 Å². The highest BCUT2D eigenvalue weighted by atomic mass is 16.3. The van der Waals surface area contributed by atoms with Crippen LogP contribution in [0.5, 0.6) is 5.75 Å². The number of aliphatic hydroxyl groups excluding tert-OH is 1. The zero-order valence-corrected chi connectivity index (χ0v) is 10.7. The number of hydrogen-bond donors (Lipinski definition) is 3. The molecule has 0 bridgehead atoms. The number of phenols is 1. The Morgan fingerprint density at radius 2 is 1.75 bits per heavy atom. The maximum absolute atomic E-state index is 10.5. The maximum atomic E-state index is 10.5. The highest BCUT2D eigenvalue weighted by Crippen LogP contribution is 2.29. The number of rotatable bonds is 2. The molecule has 1 atom stereocenters. The van der Waals surface area contributed by atoms with Crippen LogP contribution in [-0.4, -0.2) is 15.2 Å². The number of phenolic OH excluding ortho intramolecular Hbond substituents is 1. The summed E-state index contributed by atoms with van der Waals surface area (Å²) in [6.45, 7) is 0. The van der Waals surface area contributed by atoms with Gasteiger partial charge in [-0.3, -0.25) is 4.98 Å². The Morgan fingerprint density at radius 1 is 1.00 bits per heavy atom. The molecular formula is C16H14N2O2. The van der Waals surface area contributed by atoms with Crippen molar-refractivity contribution < 1.29 is 10.2 Å². The van der Waals surface area contributed by atoms with E-state index in [-0.39, 0.29) is 5.75 Å². The van der Waals surface area contributed by atoms with Crippen molar-refractivity contribution in [3.05, 3.63) is 65.9 Å². The molecule has 0 fully saturated rings. The molecule has 3 rings (SSSR count). The third-order valence-corrected chi connectivity index (χ3v) is 3.31. The Bertz CT molecular complexity index is 754. The average molecular weight is 266 g/mol. The predicted octanol–water partition coefficient (Wildman–Crippen LogP) is 2.60. The monoisotopic (exact) mass is 266 g/mol. The summed E-state index contributed by atoms with van der Waals surface area (Å²) in [5, 5.41) is 20.8. The molecule has 0 aliphatic carbocycles. The first-order valence-corrected chi connectivity index (χ1v) is 6.26. The summed E-state index contributed by atoms with van der Waals surface area (Å²) >= 11 is 0. The van der Waals surface area contributed by atoms with Crippen LogP contribution in [0, 0.1) is 0 Å². The molecule has 1 unspecified atom stereocenters. The van der Waals surface area contributed by atoms with Crippen LogP contribution in [0.25, 0.3) is 10.9 Å². The molecular weight excluding hydrogens is 252 g/mol. The third kappa shape index (κ3) is 2.17. The van der Waals surface area contributed by atoms with E-state index >= 15 is 0 Å². The van der Waals surface area contributed by atoms with Gasteiger partial charge in [0.1, 0.15) is 11.9 Å². The summed E-state index contributed by atoms with van der Waals surface area (Å²) in [5.41, 5.74) is 8.47. The van der Waals surface area contributed by atoms with Crippen molar-refractivity contribution in [3.8, 4) is 5.75 Å². The average Bonchev–Trinajstić information content (AvgIpc) is 2.46. The number of anilines is 1. The molecule has 0 spiro atoms. The fourth-order valence-corrected chi connectivity index (χ4v) is 2.25. The smallest absolute Gasteiger partial charge is 0.117 e. The number of benzene rings is 2. The van der Waals surface area contributed by atoms with Gasteiger partial charge in [-0.1, -0.05) is 12.1 Å². The second kappa shape index (κ2) is 4.83. The first-order chi connectivity index (χ1) is 9.65. The van der Waals surface area contributed by atoms with Crippen LogP contribution in [0.3, 0.4) is 0 Å². The van der Waals surface area contributed by atoms with Gasteiger partial charge in [0.05, 0.1) is 5.52 Å². The van der Waals surface area contributed by atoms with Crippen LogP contribution in [-0.2, 0) is 0 Å². The van der Waals surface area contributed by atoms with Gasteiger partial charge in [-0.15, -0.1) is 0 Å². The van der Waals surface area contributed by atoms with Gasteiger partial charge in [-0.05, 0) is 41.5 Å². The van der Waals surface area contributed by atoms with Crippen LogP contribution in [0.1, 0.15) is 17.2 Å². The summed E-state index contributed by atoms with van der Waals surface area (Å²) in [5.74, 6) is 0.157. The second-order valence-electron chi connectivity index (χ2n) is 4.67. The Hall–Kier alpha value is -2.59. The fraction of sp³-hybridized carbons (Fsp3) is 0.0625. The number of nitrogens with zero attached hydrogens (tertiary/aromatic N) is 1. The Balaban J connectivity index is 2.11. The number of aromatic hydroxyl groups is 1. The van der Waals surface area contributed by atoms with Gasteiger partial charge in [0, 0.05) is 23.3 Å². The van der Waals surface area contributed by atoms with Crippen LogP contribution in [0.2, 0.25) is 0 Å². The van der Waals surface area contributed by atoms with E-state index in [1.807, 2.05) is 0 Å². The summed E-state index contributed by atoms with van der Waals surface area (Å²) < 4.78 is 0.